The summed E-state index contributed by atoms with van der Waals surface area (Å²) >= 11 is 7.27. The van der Waals surface area contributed by atoms with Crippen LogP contribution in [0.4, 0.5) is 5.69 Å². The molecule has 0 amide bonds. The molecular weight excluding hydrogens is 256 g/mol. The van der Waals surface area contributed by atoms with Crippen molar-refractivity contribution in [3.8, 4) is 5.75 Å². The Morgan fingerprint density at radius 1 is 1.29 bits per heavy atom. The highest BCUT2D eigenvalue weighted by Crippen LogP contribution is 2.28. The van der Waals surface area contributed by atoms with Gasteiger partial charge in [-0.05, 0) is 30.3 Å². The summed E-state index contributed by atoms with van der Waals surface area (Å²) in [7, 11) is 0. The Hall–Kier alpha value is -1.39. The molecule has 1 aromatic carbocycles. The van der Waals surface area contributed by atoms with E-state index in [0.29, 0.717) is 16.5 Å². The van der Waals surface area contributed by atoms with Gasteiger partial charge in [0.2, 0.25) is 0 Å². The third kappa shape index (κ3) is 3.28. The van der Waals surface area contributed by atoms with Crippen LogP contribution in [-0.4, -0.2) is 10.1 Å². The molecule has 0 aliphatic carbocycles. The minimum absolute atomic E-state index is 0.251. The highest BCUT2D eigenvalue weighted by molar-refractivity contribution is 7.98. The molecule has 5 heteroatoms. The fraction of sp³-hybridized carbons (Fsp3) is 0.0833. The van der Waals surface area contributed by atoms with Crippen LogP contribution in [0.2, 0.25) is 5.02 Å². The van der Waals surface area contributed by atoms with Gasteiger partial charge in [0, 0.05) is 23.2 Å². The maximum absolute atomic E-state index is 9.65. The van der Waals surface area contributed by atoms with Crippen molar-refractivity contribution >= 4 is 29.1 Å². The molecule has 2 aromatic rings. The predicted octanol–water partition coefficient (Wildman–Crippen LogP) is 3.32. The lowest BCUT2D eigenvalue weighted by molar-refractivity contribution is 0.471. The number of phenols is 1. The zero-order chi connectivity index (χ0) is 12.3. The second-order valence-corrected chi connectivity index (χ2v) is 4.92. The third-order valence-corrected chi connectivity index (χ3v) is 3.40. The van der Waals surface area contributed by atoms with Crippen LogP contribution in [-0.2, 0) is 5.75 Å². The number of rotatable bonds is 3. The SMILES string of the molecule is Nc1ccc(O)c(CSc2ccc(Cl)cn2)c1. The van der Waals surface area contributed by atoms with Gasteiger partial charge in [-0.3, -0.25) is 0 Å². The molecule has 88 valence electrons. The Morgan fingerprint density at radius 3 is 2.82 bits per heavy atom. The lowest BCUT2D eigenvalue weighted by Gasteiger charge is -2.05. The van der Waals surface area contributed by atoms with Gasteiger partial charge in [-0.15, -0.1) is 11.8 Å². The molecule has 0 bridgehead atoms. The number of hydrogen-bond donors (Lipinski definition) is 2. The minimum Gasteiger partial charge on any atom is -0.508 e. The highest BCUT2D eigenvalue weighted by Gasteiger charge is 2.03. The fourth-order valence-electron chi connectivity index (χ4n) is 1.32. The Morgan fingerprint density at radius 2 is 2.12 bits per heavy atom. The largest absolute Gasteiger partial charge is 0.508 e. The van der Waals surface area contributed by atoms with Gasteiger partial charge in [-0.1, -0.05) is 11.6 Å². The van der Waals surface area contributed by atoms with Gasteiger partial charge in [0.05, 0.1) is 10.0 Å². The summed E-state index contributed by atoms with van der Waals surface area (Å²) in [5.41, 5.74) is 7.10. The second kappa shape index (κ2) is 5.29. The molecule has 0 atom stereocenters. The topological polar surface area (TPSA) is 59.1 Å². The van der Waals surface area contributed by atoms with E-state index < -0.39 is 0 Å². The van der Waals surface area contributed by atoms with E-state index in [-0.39, 0.29) is 5.75 Å². The van der Waals surface area contributed by atoms with Crippen molar-refractivity contribution in [2.45, 2.75) is 10.8 Å². The molecule has 3 nitrogen and oxygen atoms in total. The van der Waals surface area contributed by atoms with Gasteiger partial charge in [0.25, 0.3) is 0 Å². The van der Waals surface area contributed by atoms with Crippen LogP contribution in [0.15, 0.2) is 41.6 Å². The van der Waals surface area contributed by atoms with Crippen molar-refractivity contribution in [2.24, 2.45) is 0 Å². The minimum atomic E-state index is 0.251. The van der Waals surface area contributed by atoms with Crippen molar-refractivity contribution in [1.82, 2.24) is 4.98 Å². The first-order valence-corrected chi connectivity index (χ1v) is 6.33. The fourth-order valence-corrected chi connectivity index (χ4v) is 2.26. The van der Waals surface area contributed by atoms with Crippen LogP contribution in [0.1, 0.15) is 5.56 Å². The molecule has 3 N–H and O–H groups in total. The number of nitrogen functional groups attached to an aromatic ring is 1. The molecular formula is C12H11ClN2OS. The van der Waals surface area contributed by atoms with Crippen LogP contribution in [0.3, 0.4) is 0 Å². The number of aromatic hydroxyl groups is 1. The molecule has 1 aromatic heterocycles. The maximum atomic E-state index is 9.65. The molecule has 0 unspecified atom stereocenters. The molecule has 0 aliphatic heterocycles. The van der Waals surface area contributed by atoms with E-state index in [1.807, 2.05) is 6.07 Å². The summed E-state index contributed by atoms with van der Waals surface area (Å²) in [6, 6.07) is 8.66. The lowest BCUT2D eigenvalue weighted by atomic mass is 10.2. The summed E-state index contributed by atoms with van der Waals surface area (Å²) in [5, 5.41) is 11.1. The number of benzene rings is 1. The smallest absolute Gasteiger partial charge is 0.119 e. The number of phenolic OH excluding ortho intramolecular Hbond substituents is 1. The van der Waals surface area contributed by atoms with E-state index in [1.165, 1.54) is 11.8 Å². The predicted molar refractivity (Wildman–Crippen MR) is 71.3 cm³/mol. The molecule has 0 saturated carbocycles. The van der Waals surface area contributed by atoms with Crippen molar-refractivity contribution in [3.05, 3.63) is 47.1 Å². The van der Waals surface area contributed by atoms with Crippen molar-refractivity contribution in [1.29, 1.82) is 0 Å². The summed E-state index contributed by atoms with van der Waals surface area (Å²) in [4.78, 5) is 4.16. The van der Waals surface area contributed by atoms with E-state index in [1.54, 1.807) is 30.5 Å². The Labute approximate surface area is 109 Å². The van der Waals surface area contributed by atoms with Crippen LogP contribution in [0.25, 0.3) is 0 Å². The van der Waals surface area contributed by atoms with Gasteiger partial charge >= 0.3 is 0 Å². The van der Waals surface area contributed by atoms with Crippen LogP contribution < -0.4 is 5.73 Å². The molecule has 0 spiro atoms. The van der Waals surface area contributed by atoms with Crippen LogP contribution in [0, 0.1) is 0 Å². The summed E-state index contributed by atoms with van der Waals surface area (Å²) in [6.45, 7) is 0. The zero-order valence-corrected chi connectivity index (χ0v) is 10.5. The van der Waals surface area contributed by atoms with Gasteiger partial charge in [-0.25, -0.2) is 4.98 Å². The molecule has 0 aliphatic rings. The van der Waals surface area contributed by atoms with Gasteiger partial charge in [0.1, 0.15) is 5.75 Å². The normalized spacial score (nSPS) is 10.4. The van der Waals surface area contributed by atoms with E-state index in [0.717, 1.165) is 10.6 Å². The third-order valence-electron chi connectivity index (χ3n) is 2.18. The van der Waals surface area contributed by atoms with Crippen LogP contribution >= 0.6 is 23.4 Å². The molecule has 0 saturated heterocycles. The summed E-state index contributed by atoms with van der Waals surface area (Å²) < 4.78 is 0. The van der Waals surface area contributed by atoms with E-state index in [4.69, 9.17) is 17.3 Å². The van der Waals surface area contributed by atoms with Crippen LogP contribution in [0.5, 0.6) is 5.75 Å². The Bertz CT molecular complexity index is 516. The Balaban J connectivity index is 2.07. The summed E-state index contributed by atoms with van der Waals surface area (Å²) in [6.07, 6.45) is 1.60. The number of nitrogens with zero attached hydrogens (tertiary/aromatic N) is 1. The number of thioether (sulfide) groups is 1. The number of hydrogen-bond acceptors (Lipinski definition) is 4. The van der Waals surface area contributed by atoms with Crippen molar-refractivity contribution in [2.75, 3.05) is 5.73 Å². The molecule has 1 heterocycles. The number of halogens is 1. The lowest BCUT2D eigenvalue weighted by Crippen LogP contribution is -1.89. The number of anilines is 1. The molecule has 17 heavy (non-hydrogen) atoms. The van der Waals surface area contributed by atoms with Crippen molar-refractivity contribution < 1.29 is 5.11 Å². The van der Waals surface area contributed by atoms with Gasteiger partial charge < -0.3 is 10.8 Å². The number of nitrogens with two attached hydrogens (primary N) is 1. The first-order valence-electron chi connectivity index (χ1n) is 4.97. The van der Waals surface area contributed by atoms with E-state index >= 15 is 0 Å². The van der Waals surface area contributed by atoms with E-state index in [9.17, 15) is 5.11 Å². The second-order valence-electron chi connectivity index (χ2n) is 3.49. The van der Waals surface area contributed by atoms with Gasteiger partial charge in [-0.2, -0.15) is 0 Å². The molecule has 0 fully saturated rings. The molecule has 2 rings (SSSR count). The summed E-state index contributed by atoms with van der Waals surface area (Å²) in [5.74, 6) is 0.867. The number of pyridine rings is 1. The average Bonchev–Trinajstić information content (AvgIpc) is 2.32. The standard InChI is InChI=1S/C12H11ClN2OS/c13-9-1-4-12(15-6-9)17-7-8-5-10(14)2-3-11(8)16/h1-6,16H,7,14H2. The van der Waals surface area contributed by atoms with E-state index in [2.05, 4.69) is 4.98 Å². The zero-order valence-electron chi connectivity index (χ0n) is 8.93. The maximum Gasteiger partial charge on any atom is 0.119 e. The Kier molecular flexibility index (Phi) is 3.76. The van der Waals surface area contributed by atoms with Gasteiger partial charge in [0.15, 0.2) is 0 Å². The highest BCUT2D eigenvalue weighted by atomic mass is 35.5. The average molecular weight is 267 g/mol. The molecule has 0 radical (unpaired) electrons. The van der Waals surface area contributed by atoms with Crippen molar-refractivity contribution in [3.63, 3.8) is 0 Å². The quantitative estimate of drug-likeness (QED) is 0.508. The monoisotopic (exact) mass is 266 g/mol. The first-order chi connectivity index (χ1) is 8.15. The first kappa shape index (κ1) is 12.1. The number of aromatic nitrogens is 1.